The molecule has 0 aromatic rings. The quantitative estimate of drug-likeness (QED) is 0.802. The summed E-state index contributed by atoms with van der Waals surface area (Å²) in [4.78, 5) is 23.8. The standard InChI is InChI=1S/C14H24N2O3/c1-16(8-7-13(17)18)14(19)15-12-9-11(12)10-5-3-2-4-6-10/h10-12H,2-9H2,1H3,(H,15,19)(H,17,18). The third-order valence-electron chi connectivity index (χ3n) is 4.41. The SMILES string of the molecule is CN(CCC(=O)O)C(=O)NC1CC1C1CCCCC1. The van der Waals surface area contributed by atoms with E-state index >= 15 is 0 Å². The van der Waals surface area contributed by atoms with Crippen LogP contribution in [0.2, 0.25) is 0 Å². The monoisotopic (exact) mass is 268 g/mol. The first-order valence-corrected chi connectivity index (χ1v) is 7.31. The van der Waals surface area contributed by atoms with Crippen molar-refractivity contribution in [2.45, 2.75) is 51.0 Å². The van der Waals surface area contributed by atoms with E-state index in [1.54, 1.807) is 7.05 Å². The molecule has 0 aromatic carbocycles. The number of urea groups is 1. The van der Waals surface area contributed by atoms with Crippen molar-refractivity contribution in [2.24, 2.45) is 11.8 Å². The number of carboxylic acids is 1. The normalized spacial score (nSPS) is 26.8. The predicted octanol–water partition coefficient (Wildman–Crippen LogP) is 2.07. The molecule has 19 heavy (non-hydrogen) atoms. The van der Waals surface area contributed by atoms with Gasteiger partial charge in [0.2, 0.25) is 0 Å². The summed E-state index contributed by atoms with van der Waals surface area (Å²) < 4.78 is 0. The van der Waals surface area contributed by atoms with E-state index in [9.17, 15) is 9.59 Å². The molecule has 2 aliphatic rings. The number of carboxylic acid groups (broad SMARTS) is 1. The summed E-state index contributed by atoms with van der Waals surface area (Å²) in [6, 6.07) is 0.187. The highest BCUT2D eigenvalue weighted by molar-refractivity contribution is 5.75. The van der Waals surface area contributed by atoms with Gasteiger partial charge in [0.1, 0.15) is 0 Å². The van der Waals surface area contributed by atoms with E-state index in [2.05, 4.69) is 5.32 Å². The van der Waals surface area contributed by atoms with Gasteiger partial charge in [0.15, 0.2) is 0 Å². The molecule has 2 amide bonds. The number of nitrogens with zero attached hydrogens (tertiary/aromatic N) is 1. The van der Waals surface area contributed by atoms with Gasteiger partial charge in [-0.15, -0.1) is 0 Å². The van der Waals surface area contributed by atoms with Gasteiger partial charge in [-0.05, 0) is 18.3 Å². The molecule has 0 radical (unpaired) electrons. The molecule has 2 aliphatic carbocycles. The number of amides is 2. The Hall–Kier alpha value is -1.26. The van der Waals surface area contributed by atoms with Crippen molar-refractivity contribution in [2.75, 3.05) is 13.6 Å². The van der Waals surface area contributed by atoms with Crippen molar-refractivity contribution in [3.8, 4) is 0 Å². The van der Waals surface area contributed by atoms with Crippen LogP contribution in [0.25, 0.3) is 0 Å². The van der Waals surface area contributed by atoms with E-state index in [1.165, 1.54) is 37.0 Å². The van der Waals surface area contributed by atoms with Crippen LogP contribution >= 0.6 is 0 Å². The number of aliphatic carboxylic acids is 1. The lowest BCUT2D eigenvalue weighted by Gasteiger charge is -2.22. The van der Waals surface area contributed by atoms with E-state index in [4.69, 9.17) is 5.11 Å². The molecule has 2 saturated carbocycles. The van der Waals surface area contributed by atoms with E-state index in [0.717, 1.165) is 12.3 Å². The third kappa shape index (κ3) is 4.11. The topological polar surface area (TPSA) is 69.6 Å². The predicted molar refractivity (Wildman–Crippen MR) is 71.9 cm³/mol. The van der Waals surface area contributed by atoms with Crippen LogP contribution < -0.4 is 5.32 Å². The summed E-state index contributed by atoms with van der Waals surface area (Å²) in [5.41, 5.74) is 0. The minimum Gasteiger partial charge on any atom is -0.481 e. The van der Waals surface area contributed by atoms with E-state index in [0.29, 0.717) is 12.0 Å². The van der Waals surface area contributed by atoms with Crippen molar-refractivity contribution in [3.05, 3.63) is 0 Å². The second kappa shape index (κ2) is 6.26. The fourth-order valence-electron chi connectivity index (χ4n) is 3.10. The molecule has 108 valence electrons. The molecule has 0 spiro atoms. The zero-order chi connectivity index (χ0) is 13.8. The number of carbonyl (C=O) groups is 2. The average Bonchev–Trinajstić information content (AvgIpc) is 3.16. The smallest absolute Gasteiger partial charge is 0.317 e. The number of carbonyl (C=O) groups excluding carboxylic acids is 1. The summed E-state index contributed by atoms with van der Waals surface area (Å²) in [5.74, 6) is 0.589. The third-order valence-corrected chi connectivity index (χ3v) is 4.41. The first-order valence-electron chi connectivity index (χ1n) is 7.31. The number of nitrogens with one attached hydrogen (secondary N) is 1. The van der Waals surface area contributed by atoms with Crippen LogP contribution in [0.1, 0.15) is 44.9 Å². The largest absolute Gasteiger partial charge is 0.481 e. The Morgan fingerprint density at radius 3 is 2.58 bits per heavy atom. The van der Waals surface area contributed by atoms with Gasteiger partial charge in [0.25, 0.3) is 0 Å². The molecule has 0 saturated heterocycles. The van der Waals surface area contributed by atoms with Gasteiger partial charge in [-0.25, -0.2) is 4.79 Å². The molecule has 2 N–H and O–H groups in total. The highest BCUT2D eigenvalue weighted by atomic mass is 16.4. The lowest BCUT2D eigenvalue weighted by atomic mass is 9.85. The first kappa shape index (κ1) is 14.2. The Labute approximate surface area is 114 Å². The molecule has 2 fully saturated rings. The van der Waals surface area contributed by atoms with Gasteiger partial charge in [-0.3, -0.25) is 4.79 Å². The van der Waals surface area contributed by atoms with Gasteiger partial charge in [-0.2, -0.15) is 0 Å². The fourth-order valence-corrected chi connectivity index (χ4v) is 3.10. The highest BCUT2D eigenvalue weighted by Gasteiger charge is 2.44. The Bertz CT molecular complexity index is 340. The zero-order valence-corrected chi connectivity index (χ0v) is 11.6. The van der Waals surface area contributed by atoms with E-state index < -0.39 is 5.97 Å². The van der Waals surface area contributed by atoms with Gasteiger partial charge in [0.05, 0.1) is 6.42 Å². The lowest BCUT2D eigenvalue weighted by Crippen LogP contribution is -2.40. The molecular weight excluding hydrogens is 244 g/mol. The maximum absolute atomic E-state index is 11.9. The summed E-state index contributed by atoms with van der Waals surface area (Å²) in [6.07, 6.45) is 7.75. The van der Waals surface area contributed by atoms with Gasteiger partial charge < -0.3 is 15.3 Å². The number of rotatable bonds is 5. The van der Waals surface area contributed by atoms with Gasteiger partial charge in [-0.1, -0.05) is 32.1 Å². The minimum atomic E-state index is -0.869. The molecule has 0 bridgehead atoms. The summed E-state index contributed by atoms with van der Waals surface area (Å²) in [7, 11) is 1.65. The number of hydrogen-bond donors (Lipinski definition) is 2. The van der Waals surface area contributed by atoms with Crippen molar-refractivity contribution in [1.82, 2.24) is 10.2 Å². The summed E-state index contributed by atoms with van der Waals surface area (Å²) in [6.45, 7) is 0.266. The minimum absolute atomic E-state index is 0.000635. The molecule has 5 heteroatoms. The number of hydrogen-bond acceptors (Lipinski definition) is 2. The molecule has 0 heterocycles. The van der Waals surface area contributed by atoms with E-state index in [-0.39, 0.29) is 19.0 Å². The van der Waals surface area contributed by atoms with Crippen LogP contribution in [0, 0.1) is 11.8 Å². The summed E-state index contributed by atoms with van der Waals surface area (Å²) >= 11 is 0. The van der Waals surface area contributed by atoms with Gasteiger partial charge in [0, 0.05) is 19.6 Å². The van der Waals surface area contributed by atoms with Crippen LogP contribution in [0.4, 0.5) is 4.79 Å². The van der Waals surface area contributed by atoms with Crippen molar-refractivity contribution in [3.63, 3.8) is 0 Å². The maximum Gasteiger partial charge on any atom is 0.317 e. The van der Waals surface area contributed by atoms with Crippen molar-refractivity contribution >= 4 is 12.0 Å². The van der Waals surface area contributed by atoms with Crippen LogP contribution in [0.5, 0.6) is 0 Å². The Morgan fingerprint density at radius 2 is 1.95 bits per heavy atom. The average molecular weight is 268 g/mol. The molecule has 2 atom stereocenters. The zero-order valence-electron chi connectivity index (χ0n) is 11.6. The Kier molecular flexibility index (Phi) is 4.66. The fraction of sp³-hybridized carbons (Fsp3) is 0.857. The van der Waals surface area contributed by atoms with E-state index in [1.807, 2.05) is 0 Å². The molecular formula is C14H24N2O3. The van der Waals surface area contributed by atoms with Gasteiger partial charge >= 0.3 is 12.0 Å². The van der Waals surface area contributed by atoms with Crippen LogP contribution in [-0.2, 0) is 4.79 Å². The van der Waals surface area contributed by atoms with Crippen LogP contribution in [0.15, 0.2) is 0 Å². The van der Waals surface area contributed by atoms with Crippen LogP contribution in [-0.4, -0.2) is 41.6 Å². The molecule has 2 unspecified atom stereocenters. The maximum atomic E-state index is 11.9. The lowest BCUT2D eigenvalue weighted by molar-refractivity contribution is -0.137. The molecule has 0 aromatic heterocycles. The molecule has 0 aliphatic heterocycles. The van der Waals surface area contributed by atoms with Crippen molar-refractivity contribution < 1.29 is 14.7 Å². The Balaban J connectivity index is 1.67. The van der Waals surface area contributed by atoms with Crippen molar-refractivity contribution in [1.29, 1.82) is 0 Å². The molecule has 2 rings (SSSR count). The second-order valence-electron chi connectivity index (χ2n) is 5.92. The molecule has 5 nitrogen and oxygen atoms in total. The Morgan fingerprint density at radius 1 is 1.26 bits per heavy atom. The highest BCUT2D eigenvalue weighted by Crippen LogP contribution is 2.44. The van der Waals surface area contributed by atoms with Crippen LogP contribution in [0.3, 0.4) is 0 Å². The second-order valence-corrected chi connectivity index (χ2v) is 5.92. The first-order chi connectivity index (χ1) is 9.08. The summed E-state index contributed by atoms with van der Waals surface area (Å²) in [5, 5.41) is 11.6.